The van der Waals surface area contributed by atoms with Gasteiger partial charge in [0.2, 0.25) is 0 Å². The van der Waals surface area contributed by atoms with Crippen LogP contribution in [0.2, 0.25) is 0 Å². The molecule has 0 bridgehead atoms. The molecule has 0 spiro atoms. The summed E-state index contributed by atoms with van der Waals surface area (Å²) in [5.41, 5.74) is 1.42. The smallest absolute Gasteiger partial charge is 0.0733 e. The maximum atomic E-state index is 5.47. The number of hydrogen-bond donors (Lipinski definition) is 0. The Bertz CT molecular complexity index is 444. The van der Waals surface area contributed by atoms with Gasteiger partial charge in [-0.15, -0.1) is 11.3 Å². The lowest BCUT2D eigenvalue weighted by Gasteiger charge is -2.11. The molecule has 1 aliphatic heterocycles. The van der Waals surface area contributed by atoms with Crippen molar-refractivity contribution in [3.8, 4) is 0 Å². The average molecular weight is 190 g/mol. The van der Waals surface area contributed by atoms with Crippen molar-refractivity contribution < 1.29 is 4.74 Å². The molecule has 0 atom stereocenters. The monoisotopic (exact) mass is 190 g/mol. The highest BCUT2D eigenvalue weighted by Crippen LogP contribution is 2.33. The number of fused-ring (bicyclic) bond motifs is 3. The van der Waals surface area contributed by atoms with Crippen LogP contribution in [0, 0.1) is 0 Å². The maximum absolute atomic E-state index is 5.47. The van der Waals surface area contributed by atoms with Gasteiger partial charge in [0.1, 0.15) is 0 Å². The normalized spacial score (nSPS) is 16.0. The Hall–Kier alpha value is -0.860. The largest absolute Gasteiger partial charge is 0.376 e. The van der Waals surface area contributed by atoms with Gasteiger partial charge in [-0.2, -0.15) is 0 Å². The summed E-state index contributed by atoms with van der Waals surface area (Å²) in [5, 5.41) is 1.39. The van der Waals surface area contributed by atoms with E-state index in [4.69, 9.17) is 4.74 Å². The minimum atomic E-state index is 0.805. The first-order valence-corrected chi connectivity index (χ1v) is 5.34. The van der Waals surface area contributed by atoms with Gasteiger partial charge in [-0.05, 0) is 17.0 Å². The summed E-state index contributed by atoms with van der Waals surface area (Å²) < 4.78 is 6.87. The minimum Gasteiger partial charge on any atom is -0.376 e. The third-order valence-corrected chi connectivity index (χ3v) is 3.77. The van der Waals surface area contributed by atoms with Crippen molar-refractivity contribution in [2.24, 2.45) is 0 Å². The molecule has 0 unspecified atom stereocenters. The molecule has 1 aromatic heterocycles. The van der Waals surface area contributed by atoms with Gasteiger partial charge >= 0.3 is 0 Å². The predicted octanol–water partition coefficient (Wildman–Crippen LogP) is 2.97. The van der Waals surface area contributed by atoms with Crippen LogP contribution in [0.5, 0.6) is 0 Å². The molecule has 1 nitrogen and oxygen atoms in total. The zero-order chi connectivity index (χ0) is 8.67. The Labute approximate surface area is 81.0 Å². The van der Waals surface area contributed by atoms with Crippen LogP contribution in [0.25, 0.3) is 10.1 Å². The molecular weight excluding hydrogens is 180 g/mol. The van der Waals surface area contributed by atoms with Crippen molar-refractivity contribution in [1.29, 1.82) is 0 Å². The van der Waals surface area contributed by atoms with Crippen molar-refractivity contribution in [3.63, 3.8) is 0 Å². The number of thiophene rings is 1. The SMILES string of the molecule is c1ccc2c3c(sc2c1)CCOC3. The molecule has 0 radical (unpaired) electrons. The van der Waals surface area contributed by atoms with Gasteiger partial charge in [0, 0.05) is 16.0 Å². The second-order valence-corrected chi connectivity index (χ2v) is 4.44. The quantitative estimate of drug-likeness (QED) is 0.620. The van der Waals surface area contributed by atoms with E-state index in [2.05, 4.69) is 24.3 Å². The summed E-state index contributed by atoms with van der Waals surface area (Å²) >= 11 is 1.92. The van der Waals surface area contributed by atoms with Crippen molar-refractivity contribution in [1.82, 2.24) is 0 Å². The molecule has 3 rings (SSSR count). The molecule has 66 valence electrons. The fourth-order valence-corrected chi connectivity index (χ4v) is 3.04. The standard InChI is InChI=1S/C11H10OS/c1-2-4-10-8(3-1)9-7-12-6-5-11(9)13-10/h1-4H,5-7H2. The summed E-state index contributed by atoms with van der Waals surface area (Å²) in [6, 6.07) is 8.59. The van der Waals surface area contributed by atoms with Crippen LogP contribution in [0.15, 0.2) is 24.3 Å². The fourth-order valence-electron chi connectivity index (χ4n) is 1.85. The van der Waals surface area contributed by atoms with Gasteiger partial charge in [-0.25, -0.2) is 0 Å². The van der Waals surface area contributed by atoms with E-state index in [-0.39, 0.29) is 0 Å². The van der Waals surface area contributed by atoms with E-state index in [1.165, 1.54) is 20.5 Å². The Morgan fingerprint density at radius 3 is 3.15 bits per heavy atom. The van der Waals surface area contributed by atoms with Gasteiger partial charge in [0.15, 0.2) is 0 Å². The van der Waals surface area contributed by atoms with Crippen LogP contribution in [-0.4, -0.2) is 6.61 Å². The second kappa shape index (κ2) is 2.82. The first kappa shape index (κ1) is 7.54. The van der Waals surface area contributed by atoms with Gasteiger partial charge < -0.3 is 4.74 Å². The molecule has 0 saturated heterocycles. The molecular formula is C11H10OS. The van der Waals surface area contributed by atoms with E-state index in [0.29, 0.717) is 0 Å². The summed E-state index contributed by atoms with van der Waals surface area (Å²) in [7, 11) is 0. The highest BCUT2D eigenvalue weighted by Gasteiger charge is 2.15. The highest BCUT2D eigenvalue weighted by atomic mass is 32.1. The Morgan fingerprint density at radius 2 is 2.15 bits per heavy atom. The molecule has 0 N–H and O–H groups in total. The Morgan fingerprint density at radius 1 is 1.23 bits per heavy atom. The van der Waals surface area contributed by atoms with Gasteiger partial charge in [-0.1, -0.05) is 18.2 Å². The number of ether oxygens (including phenoxy) is 1. The Balaban J connectivity index is 2.34. The third-order valence-electron chi connectivity index (χ3n) is 2.50. The lowest BCUT2D eigenvalue weighted by Crippen LogP contribution is -2.06. The molecule has 0 aliphatic carbocycles. The summed E-state index contributed by atoms with van der Waals surface area (Å²) in [6.07, 6.45) is 1.09. The summed E-state index contributed by atoms with van der Waals surface area (Å²) in [4.78, 5) is 1.52. The third kappa shape index (κ3) is 1.10. The summed E-state index contributed by atoms with van der Waals surface area (Å²) in [6.45, 7) is 1.69. The van der Waals surface area contributed by atoms with E-state index in [1.54, 1.807) is 0 Å². The minimum absolute atomic E-state index is 0.805. The van der Waals surface area contributed by atoms with Crippen molar-refractivity contribution >= 4 is 21.4 Å². The van der Waals surface area contributed by atoms with Crippen LogP contribution in [-0.2, 0) is 17.8 Å². The molecule has 2 heteroatoms. The van der Waals surface area contributed by atoms with Crippen molar-refractivity contribution in [2.45, 2.75) is 13.0 Å². The van der Waals surface area contributed by atoms with E-state index >= 15 is 0 Å². The van der Waals surface area contributed by atoms with Crippen LogP contribution in [0.4, 0.5) is 0 Å². The zero-order valence-corrected chi connectivity index (χ0v) is 8.06. The molecule has 2 heterocycles. The van der Waals surface area contributed by atoms with E-state index < -0.39 is 0 Å². The topological polar surface area (TPSA) is 9.23 Å². The predicted molar refractivity (Wildman–Crippen MR) is 55.2 cm³/mol. The first-order valence-electron chi connectivity index (χ1n) is 4.52. The molecule has 0 saturated carbocycles. The zero-order valence-electron chi connectivity index (χ0n) is 7.25. The molecule has 0 fully saturated rings. The lowest BCUT2D eigenvalue weighted by atomic mass is 10.1. The second-order valence-electron chi connectivity index (χ2n) is 3.30. The van der Waals surface area contributed by atoms with Crippen LogP contribution in [0.1, 0.15) is 10.4 Å². The lowest BCUT2D eigenvalue weighted by molar-refractivity contribution is 0.113. The summed E-state index contributed by atoms with van der Waals surface area (Å²) in [5.74, 6) is 0. The van der Waals surface area contributed by atoms with Gasteiger partial charge in [0.25, 0.3) is 0 Å². The first-order chi connectivity index (χ1) is 6.45. The van der Waals surface area contributed by atoms with E-state index in [1.807, 2.05) is 11.3 Å². The number of rotatable bonds is 0. The van der Waals surface area contributed by atoms with Crippen molar-refractivity contribution in [3.05, 3.63) is 34.7 Å². The highest BCUT2D eigenvalue weighted by molar-refractivity contribution is 7.19. The average Bonchev–Trinajstić information content (AvgIpc) is 2.56. The number of hydrogen-bond acceptors (Lipinski definition) is 2. The molecule has 13 heavy (non-hydrogen) atoms. The van der Waals surface area contributed by atoms with Gasteiger partial charge in [-0.3, -0.25) is 0 Å². The molecule has 2 aromatic rings. The molecule has 1 aliphatic rings. The fraction of sp³-hybridized carbons (Fsp3) is 0.273. The maximum Gasteiger partial charge on any atom is 0.0733 e. The van der Waals surface area contributed by atoms with Gasteiger partial charge in [0.05, 0.1) is 13.2 Å². The van der Waals surface area contributed by atoms with Crippen molar-refractivity contribution in [2.75, 3.05) is 6.61 Å². The molecule has 0 amide bonds. The number of benzene rings is 1. The van der Waals surface area contributed by atoms with Crippen LogP contribution < -0.4 is 0 Å². The Kier molecular flexibility index (Phi) is 1.64. The van der Waals surface area contributed by atoms with Crippen LogP contribution >= 0.6 is 11.3 Å². The molecule has 1 aromatic carbocycles. The van der Waals surface area contributed by atoms with Crippen LogP contribution in [0.3, 0.4) is 0 Å². The van der Waals surface area contributed by atoms with E-state index in [0.717, 1.165) is 19.6 Å². The van der Waals surface area contributed by atoms with E-state index in [9.17, 15) is 0 Å².